The molecule has 43 heteroatoms. The number of primary amides is 1. The number of hydrogen-bond acceptors (Lipinski definition) is 23. The van der Waals surface area contributed by atoms with E-state index >= 15 is 0 Å². The molecule has 0 aliphatic carbocycles. The Labute approximate surface area is 693 Å². The zero-order valence-corrected chi connectivity index (χ0v) is 68.5. The van der Waals surface area contributed by atoms with Crippen LogP contribution < -0.4 is 97.4 Å². The van der Waals surface area contributed by atoms with Gasteiger partial charge in [0.15, 0.2) is 5.96 Å². The Morgan fingerprint density at radius 3 is 1.36 bits per heavy atom. The summed E-state index contributed by atoms with van der Waals surface area (Å²) in [5, 5.41) is 71.5. The van der Waals surface area contributed by atoms with E-state index in [-0.39, 0.29) is 75.6 Å². The highest BCUT2D eigenvalue weighted by Crippen LogP contribution is 2.17. The lowest BCUT2D eigenvalue weighted by molar-refractivity contribution is -0.142. The second-order valence-electron chi connectivity index (χ2n) is 28.9. The number of carbonyl (C=O) groups is 17. The number of carbonyl (C=O) groups excluding carboxylic acids is 14. The summed E-state index contributed by atoms with van der Waals surface area (Å²) < 4.78 is 0. The zero-order valence-electron chi connectivity index (χ0n) is 66.7. The third-order valence-corrected chi connectivity index (χ3v) is 19.1. The van der Waals surface area contributed by atoms with Crippen molar-refractivity contribution >= 4 is 132 Å². The van der Waals surface area contributed by atoms with Crippen LogP contribution in [0, 0.1) is 23.2 Å². The number of carboxylic acid groups (broad SMARTS) is 3. The Bertz CT molecular complexity index is 3870. The van der Waals surface area contributed by atoms with Crippen molar-refractivity contribution in [1.82, 2.24) is 84.4 Å². The van der Waals surface area contributed by atoms with Gasteiger partial charge in [-0.15, -0.1) is 0 Å². The first-order valence-corrected chi connectivity index (χ1v) is 39.7. The molecule has 27 N–H and O–H groups in total. The zero-order chi connectivity index (χ0) is 88.3. The monoisotopic (exact) mass is 1690 g/mol. The van der Waals surface area contributed by atoms with Gasteiger partial charge in [0.05, 0.1) is 31.0 Å². The number of rotatable bonds is 56. The minimum Gasteiger partial charge on any atom is -0.481 e. The van der Waals surface area contributed by atoms with E-state index in [4.69, 9.17) is 28.3 Å². The van der Waals surface area contributed by atoms with Gasteiger partial charge in [0.1, 0.15) is 72.5 Å². The molecule has 1 aromatic heterocycles. The fourth-order valence-electron chi connectivity index (χ4n) is 11.7. The van der Waals surface area contributed by atoms with Crippen LogP contribution in [0.3, 0.4) is 0 Å². The van der Waals surface area contributed by atoms with Crippen molar-refractivity contribution in [1.29, 1.82) is 5.41 Å². The van der Waals surface area contributed by atoms with Crippen molar-refractivity contribution < 1.29 is 96.8 Å². The molecule has 1 heterocycles. The van der Waals surface area contributed by atoms with Crippen LogP contribution in [0.5, 0.6) is 0 Å². The lowest BCUT2D eigenvalue weighted by atomic mass is 9.95. The van der Waals surface area contributed by atoms with Gasteiger partial charge < -0.3 is 118 Å². The maximum atomic E-state index is 14.7. The molecule has 118 heavy (non-hydrogen) atoms. The number of benzene rings is 2. The highest BCUT2D eigenvalue weighted by molar-refractivity contribution is 7.80. The third kappa shape index (κ3) is 37.6. The Kier molecular flexibility index (Phi) is 45.2. The quantitative estimate of drug-likeness (QED) is 0.0109. The first-order valence-electron chi connectivity index (χ1n) is 38.5. The van der Waals surface area contributed by atoms with Gasteiger partial charge in [0.2, 0.25) is 82.7 Å². The molecule has 0 radical (unpaired) electrons. The lowest BCUT2D eigenvalue weighted by Crippen LogP contribution is -2.62. The van der Waals surface area contributed by atoms with E-state index < -0.39 is 241 Å². The Hall–Kier alpha value is -11.5. The molecule has 41 nitrogen and oxygen atoms in total. The number of imidazole rings is 1. The minimum absolute atomic E-state index is 0.0219. The fourth-order valence-corrected chi connectivity index (χ4v) is 12.2. The van der Waals surface area contributed by atoms with Gasteiger partial charge in [0.25, 0.3) is 0 Å². The summed E-state index contributed by atoms with van der Waals surface area (Å²) in [6, 6.07) is -3.46. The molecule has 14 amide bonds. The maximum Gasteiger partial charge on any atom is 0.326 e. The van der Waals surface area contributed by atoms with Crippen LogP contribution >= 0.6 is 25.3 Å². The largest absolute Gasteiger partial charge is 0.481 e. The van der Waals surface area contributed by atoms with E-state index in [1.807, 2.05) is 0 Å². The molecule has 3 rings (SSSR count). The third-order valence-electron chi connectivity index (χ3n) is 18.4. The first-order chi connectivity index (χ1) is 55.8. The molecule has 0 aliphatic rings. The molecule has 0 spiro atoms. The van der Waals surface area contributed by atoms with Crippen molar-refractivity contribution in [2.45, 2.75) is 216 Å². The van der Waals surface area contributed by atoms with Crippen molar-refractivity contribution in [3.8, 4) is 0 Å². The van der Waals surface area contributed by atoms with Crippen LogP contribution in [0.25, 0.3) is 0 Å². The Morgan fingerprint density at radius 2 is 0.915 bits per heavy atom. The fraction of sp³-hybridized carbons (Fsp3) is 0.560. The molecule has 14 atom stereocenters. The molecular weight excluding hydrogens is 1580 g/mol. The number of guanidine groups is 1. The van der Waals surface area contributed by atoms with Gasteiger partial charge in [-0.3, -0.25) is 82.1 Å². The van der Waals surface area contributed by atoms with Crippen LogP contribution in [0.1, 0.15) is 135 Å². The summed E-state index contributed by atoms with van der Waals surface area (Å²) in [7, 11) is 0. The highest BCUT2D eigenvalue weighted by atomic mass is 32.1. The molecule has 0 unspecified atom stereocenters. The Balaban J connectivity index is 1.90. The molecule has 0 saturated carbocycles. The van der Waals surface area contributed by atoms with E-state index in [0.717, 1.165) is 0 Å². The van der Waals surface area contributed by atoms with Crippen LogP contribution in [-0.2, 0) is 101 Å². The predicted molar refractivity (Wildman–Crippen MR) is 435 cm³/mol. The summed E-state index contributed by atoms with van der Waals surface area (Å²) in [4.78, 5) is 239. The summed E-state index contributed by atoms with van der Waals surface area (Å²) >= 11 is 8.52. The summed E-state index contributed by atoms with van der Waals surface area (Å²) in [5.74, 6) is -21.1. The van der Waals surface area contributed by atoms with Crippen LogP contribution in [0.15, 0.2) is 73.2 Å². The maximum absolute atomic E-state index is 14.7. The summed E-state index contributed by atoms with van der Waals surface area (Å²) in [6.45, 7) is 9.77. The van der Waals surface area contributed by atoms with Gasteiger partial charge in [0, 0.05) is 56.4 Å². The number of amides is 14. The number of unbranched alkanes of at least 4 members (excludes halogenated alkanes) is 1. The molecule has 0 aliphatic heterocycles. The van der Waals surface area contributed by atoms with Gasteiger partial charge in [-0.1, -0.05) is 109 Å². The number of aromatic nitrogens is 2. The van der Waals surface area contributed by atoms with Crippen molar-refractivity contribution in [2.75, 3.05) is 31.1 Å². The normalized spacial score (nSPS) is 14.6. The van der Waals surface area contributed by atoms with Gasteiger partial charge >= 0.3 is 17.9 Å². The van der Waals surface area contributed by atoms with Crippen molar-refractivity contribution in [3.05, 3.63) is 90.0 Å². The number of aliphatic carboxylic acids is 3. The number of thiol groups is 2. The number of nitrogens with zero attached hydrogens (tertiary/aromatic N) is 1. The number of aromatic amines is 1. The Morgan fingerprint density at radius 1 is 0.475 bits per heavy atom. The first kappa shape index (κ1) is 101. The molecular formula is C75H115N21O20S2. The number of nitrogens with one attached hydrogen (secondary N) is 16. The van der Waals surface area contributed by atoms with Gasteiger partial charge in [-0.2, -0.15) is 25.3 Å². The highest BCUT2D eigenvalue weighted by Gasteiger charge is 2.39. The molecule has 3 aromatic rings. The van der Waals surface area contributed by atoms with E-state index in [9.17, 15) is 96.8 Å². The molecule has 0 fully saturated rings. The van der Waals surface area contributed by atoms with E-state index in [0.29, 0.717) is 30.4 Å². The number of carboxylic acids is 3. The molecule has 652 valence electrons. The molecule has 0 bridgehead atoms. The standard InChI is InChI=1S/C75H115N21O20S2/c1-7-41(6)61(96-69(110)49(29-39(2)3)89-65(106)50(30-42-17-10-8-11-18-42)90-68(109)53(33-59(101)102)85-57(98)35-83-62(103)45(77)21-16-28-82-75(79)80)73(114)95-60(40(4)5)72(113)92-51(31-43-19-12-9-13-20-43)66(107)94-55(37-118)71(112)86-46(23-25-56(78)97)64(105)93-54(36-117)70(111)87-47(24-26-58(99)100)63(104)91-52(32-44-34-81-38-84-44)67(108)88-48(74(115)116)22-14-15-27-76/h8-13,17-20,34,38-41,45-55,60-61,117-118H,7,14-16,21-33,35-37,76-77H2,1-6H3,(H2,78,97)(H,81,84)(H,83,103)(H,85,98)(H,86,112)(H,87,111)(H,88,108)(H,89,106)(H,90,109)(H,91,104)(H,92,113)(H,93,105)(H,94,107)(H,95,114)(H,96,110)(H,99,100)(H,101,102)(H,115,116)(H4,79,80,82)/t41-,45-,46-,47-,48-,49-,50-,51-,52-,53-,54-,55-,60-,61-/m0/s1. The molecule has 2 aromatic carbocycles. The van der Waals surface area contributed by atoms with Crippen molar-refractivity contribution in [2.24, 2.45) is 40.7 Å². The minimum atomic E-state index is -1.81. The smallest absolute Gasteiger partial charge is 0.326 e. The van der Waals surface area contributed by atoms with Crippen molar-refractivity contribution in [3.63, 3.8) is 0 Å². The van der Waals surface area contributed by atoms with E-state index in [1.54, 1.807) is 102 Å². The number of hydrogen-bond donors (Lipinski definition) is 25. The van der Waals surface area contributed by atoms with Gasteiger partial charge in [-0.25, -0.2) is 9.78 Å². The van der Waals surface area contributed by atoms with E-state index in [1.165, 1.54) is 12.5 Å². The molecule has 0 saturated heterocycles. The second kappa shape index (κ2) is 53.0. The number of H-pyrrole nitrogens is 1. The topological polar surface area (TPSA) is 676 Å². The number of nitrogens with two attached hydrogens (primary N) is 4. The summed E-state index contributed by atoms with van der Waals surface area (Å²) in [5.41, 5.74) is 23.5. The van der Waals surface area contributed by atoms with Crippen LogP contribution in [-0.4, -0.2) is 242 Å². The average Bonchev–Trinajstić information content (AvgIpc) is 1.15. The van der Waals surface area contributed by atoms with Crippen LogP contribution in [0.4, 0.5) is 0 Å². The van der Waals surface area contributed by atoms with Crippen LogP contribution in [0.2, 0.25) is 0 Å². The lowest BCUT2D eigenvalue weighted by Gasteiger charge is -2.31. The summed E-state index contributed by atoms with van der Waals surface area (Å²) in [6.07, 6.45) is -0.00360. The predicted octanol–water partition coefficient (Wildman–Crippen LogP) is -4.61. The van der Waals surface area contributed by atoms with Gasteiger partial charge in [-0.05, 0) is 86.8 Å². The second-order valence-corrected chi connectivity index (χ2v) is 29.6. The SMILES string of the molecule is CC[C@H](C)[C@H](NC(=O)[C@H](CC(C)C)NC(=O)[C@H](Cc1ccccc1)NC(=O)[C@H](CC(=O)O)NC(=O)CNC(=O)[C@@H](N)CCCNC(=N)N)C(=O)N[C@H](C(=O)N[C@@H](Cc1ccccc1)C(=O)N[C@@H](CS)C(=O)N[C@@H](CCC(N)=O)C(=O)N[C@@H](CS)C(=O)N[C@@H](CCC(=O)O)C(=O)N[C@@H](Cc1c[nH]cn1)C(=O)N[C@@H](CCCCN)C(=O)O)C(C)C. The average molecular weight is 1700 g/mol. The van der Waals surface area contributed by atoms with E-state index in [2.05, 4.69) is 110 Å².